The van der Waals surface area contributed by atoms with Crippen molar-refractivity contribution >= 4 is 5.91 Å². The van der Waals surface area contributed by atoms with E-state index in [1.165, 1.54) is 6.42 Å². The van der Waals surface area contributed by atoms with Crippen LogP contribution in [0.15, 0.2) is 0 Å². The van der Waals surface area contributed by atoms with E-state index < -0.39 is 0 Å². The second-order valence-electron chi connectivity index (χ2n) is 5.34. The van der Waals surface area contributed by atoms with Crippen molar-refractivity contribution in [3.05, 3.63) is 0 Å². The zero-order chi connectivity index (χ0) is 10.5. The molecule has 2 heterocycles. The van der Waals surface area contributed by atoms with Crippen molar-refractivity contribution in [1.82, 2.24) is 4.90 Å². The number of quaternary nitrogens is 1. The van der Waals surface area contributed by atoms with Gasteiger partial charge in [0.1, 0.15) is 6.04 Å². The maximum Gasteiger partial charge on any atom is 0.220 e. The van der Waals surface area contributed by atoms with E-state index in [2.05, 4.69) is 25.8 Å². The van der Waals surface area contributed by atoms with Gasteiger partial charge in [-0.15, -0.1) is 0 Å². The molecule has 0 aromatic heterocycles. The predicted octanol–water partition coefficient (Wildman–Crippen LogP) is 0.844. The van der Waals surface area contributed by atoms with Gasteiger partial charge in [0.15, 0.2) is 0 Å². The van der Waals surface area contributed by atoms with Gasteiger partial charge in [0, 0.05) is 13.3 Å². The maximum atomic E-state index is 11.3. The molecular formula is C11H21N2O+. The molecule has 14 heavy (non-hydrogen) atoms. The third kappa shape index (κ3) is 1.18. The Morgan fingerprint density at radius 2 is 2.14 bits per heavy atom. The van der Waals surface area contributed by atoms with Crippen LogP contribution in [0.4, 0.5) is 0 Å². The van der Waals surface area contributed by atoms with Crippen LogP contribution in [-0.4, -0.2) is 53.6 Å². The number of likely N-dealkylation sites (N-methyl/N-ethyl adjacent to an activating group) is 1. The average molecular weight is 197 g/mol. The summed E-state index contributed by atoms with van der Waals surface area (Å²) in [5, 5.41) is 0. The molecule has 0 aromatic carbocycles. The first-order valence-corrected chi connectivity index (χ1v) is 5.57. The highest BCUT2D eigenvalue weighted by molar-refractivity contribution is 5.74. The summed E-state index contributed by atoms with van der Waals surface area (Å²) >= 11 is 0. The van der Waals surface area contributed by atoms with Gasteiger partial charge in [0.2, 0.25) is 5.91 Å². The second-order valence-corrected chi connectivity index (χ2v) is 5.34. The number of piperazine rings is 1. The molecule has 80 valence electrons. The minimum Gasteiger partial charge on any atom is -0.328 e. The van der Waals surface area contributed by atoms with E-state index in [9.17, 15) is 4.79 Å². The fraction of sp³-hybridized carbons (Fsp3) is 0.909. The van der Waals surface area contributed by atoms with Crippen LogP contribution in [-0.2, 0) is 4.79 Å². The number of carbonyl (C=O) groups excluding carboxylic acids is 1. The molecule has 2 aliphatic heterocycles. The fourth-order valence-electron chi connectivity index (χ4n) is 3.11. The highest BCUT2D eigenvalue weighted by Gasteiger charge is 2.54. The molecule has 0 aliphatic carbocycles. The summed E-state index contributed by atoms with van der Waals surface area (Å²) in [6, 6.07) is 1.88. The Morgan fingerprint density at radius 1 is 1.50 bits per heavy atom. The summed E-state index contributed by atoms with van der Waals surface area (Å²) in [7, 11) is 2.34. The standard InChI is InChI=1S/C11H21N2O/c1-8(2)13(4)7-10-5-11(13)6-12(10)9(3)14/h8,10-11H,5-7H2,1-4H3/q+1. The molecule has 2 rings (SSSR count). The molecule has 2 bridgehead atoms. The Balaban J connectivity index is 2.13. The lowest BCUT2D eigenvalue weighted by Gasteiger charge is -2.44. The number of nitrogens with zero attached hydrogens (tertiary/aromatic N) is 2. The molecule has 0 saturated carbocycles. The Labute approximate surface area is 86.3 Å². The minimum absolute atomic E-state index is 0.257. The summed E-state index contributed by atoms with van der Waals surface area (Å²) < 4.78 is 1.16. The van der Waals surface area contributed by atoms with Crippen molar-refractivity contribution in [2.45, 2.75) is 45.3 Å². The largest absolute Gasteiger partial charge is 0.328 e. The lowest BCUT2D eigenvalue weighted by atomic mass is 10.2. The fourth-order valence-corrected chi connectivity index (χ4v) is 3.11. The number of hydrogen-bond acceptors (Lipinski definition) is 1. The molecule has 3 unspecified atom stereocenters. The monoisotopic (exact) mass is 197 g/mol. The van der Waals surface area contributed by atoms with Crippen LogP contribution in [0.2, 0.25) is 0 Å². The highest BCUT2D eigenvalue weighted by atomic mass is 16.2. The third-order valence-corrected chi connectivity index (χ3v) is 4.41. The van der Waals surface area contributed by atoms with Crippen LogP contribution in [0.5, 0.6) is 0 Å². The van der Waals surface area contributed by atoms with Crippen LogP contribution in [0.3, 0.4) is 0 Å². The normalized spacial score (nSPS) is 41.1. The summed E-state index contributed by atoms with van der Waals surface area (Å²) in [4.78, 5) is 13.4. The summed E-state index contributed by atoms with van der Waals surface area (Å²) in [6.07, 6.45) is 1.22. The van der Waals surface area contributed by atoms with Gasteiger partial charge in [-0.3, -0.25) is 4.79 Å². The van der Waals surface area contributed by atoms with Crippen molar-refractivity contribution in [2.75, 3.05) is 20.1 Å². The van der Waals surface area contributed by atoms with Gasteiger partial charge in [-0.25, -0.2) is 0 Å². The molecule has 3 heteroatoms. The predicted molar refractivity (Wildman–Crippen MR) is 55.8 cm³/mol. The SMILES string of the molecule is CC(=O)N1CC2CC1C[N+]2(C)C(C)C. The topological polar surface area (TPSA) is 20.3 Å². The number of carbonyl (C=O) groups is 1. The third-order valence-electron chi connectivity index (χ3n) is 4.41. The van der Waals surface area contributed by atoms with Gasteiger partial charge in [0.25, 0.3) is 0 Å². The van der Waals surface area contributed by atoms with E-state index in [1.807, 2.05) is 0 Å². The molecule has 3 nitrogen and oxygen atoms in total. The van der Waals surface area contributed by atoms with E-state index in [4.69, 9.17) is 0 Å². The molecule has 2 fully saturated rings. The molecule has 2 aliphatic rings. The summed E-state index contributed by atoms with van der Waals surface area (Å²) in [5.74, 6) is 0.257. The molecule has 2 saturated heterocycles. The van der Waals surface area contributed by atoms with Gasteiger partial charge in [-0.1, -0.05) is 0 Å². The van der Waals surface area contributed by atoms with E-state index >= 15 is 0 Å². The van der Waals surface area contributed by atoms with Crippen LogP contribution >= 0.6 is 0 Å². The van der Waals surface area contributed by atoms with Gasteiger partial charge < -0.3 is 9.38 Å². The zero-order valence-corrected chi connectivity index (χ0v) is 9.66. The first-order valence-electron chi connectivity index (χ1n) is 5.57. The Hall–Kier alpha value is -0.570. The zero-order valence-electron chi connectivity index (χ0n) is 9.66. The van der Waals surface area contributed by atoms with Crippen molar-refractivity contribution in [1.29, 1.82) is 0 Å². The minimum atomic E-state index is 0.257. The van der Waals surface area contributed by atoms with Crippen molar-refractivity contribution in [2.24, 2.45) is 0 Å². The van der Waals surface area contributed by atoms with E-state index in [0.717, 1.165) is 17.6 Å². The Morgan fingerprint density at radius 3 is 2.50 bits per heavy atom. The van der Waals surface area contributed by atoms with Gasteiger partial charge in [-0.05, 0) is 13.8 Å². The van der Waals surface area contributed by atoms with Crippen LogP contribution in [0.1, 0.15) is 27.2 Å². The number of rotatable bonds is 1. The molecule has 0 radical (unpaired) electrons. The summed E-state index contributed by atoms with van der Waals surface area (Å²) in [6.45, 7) is 8.41. The van der Waals surface area contributed by atoms with Gasteiger partial charge in [-0.2, -0.15) is 0 Å². The van der Waals surface area contributed by atoms with Crippen LogP contribution < -0.4 is 0 Å². The van der Waals surface area contributed by atoms with E-state index in [1.54, 1.807) is 6.92 Å². The Kier molecular flexibility index (Phi) is 2.11. The second kappa shape index (κ2) is 2.96. The van der Waals surface area contributed by atoms with Crippen LogP contribution in [0, 0.1) is 0 Å². The van der Waals surface area contributed by atoms with Crippen molar-refractivity contribution in [3.8, 4) is 0 Å². The van der Waals surface area contributed by atoms with Gasteiger partial charge >= 0.3 is 0 Å². The average Bonchev–Trinajstić information content (AvgIpc) is 2.60. The van der Waals surface area contributed by atoms with Crippen molar-refractivity contribution < 1.29 is 9.28 Å². The first-order chi connectivity index (χ1) is 6.45. The molecule has 3 atom stereocenters. The maximum absolute atomic E-state index is 11.3. The van der Waals surface area contributed by atoms with E-state index in [-0.39, 0.29) is 5.91 Å². The lowest BCUT2D eigenvalue weighted by Crippen LogP contribution is -2.61. The molecule has 0 aromatic rings. The number of hydrogen-bond donors (Lipinski definition) is 0. The Bertz CT molecular complexity index is 264. The van der Waals surface area contributed by atoms with E-state index in [0.29, 0.717) is 18.1 Å². The first kappa shape index (κ1) is 9.97. The molecule has 0 N–H and O–H groups in total. The molecular weight excluding hydrogens is 176 g/mol. The number of amides is 1. The molecule has 1 amide bonds. The molecule has 0 spiro atoms. The highest BCUT2D eigenvalue weighted by Crippen LogP contribution is 2.37. The van der Waals surface area contributed by atoms with Crippen molar-refractivity contribution in [3.63, 3.8) is 0 Å². The quantitative estimate of drug-likeness (QED) is 0.571. The lowest BCUT2D eigenvalue weighted by molar-refractivity contribution is -0.944. The smallest absolute Gasteiger partial charge is 0.220 e. The number of likely N-dealkylation sites (tertiary alicyclic amines) is 2. The van der Waals surface area contributed by atoms with Gasteiger partial charge in [0.05, 0.1) is 32.2 Å². The van der Waals surface area contributed by atoms with Crippen LogP contribution in [0.25, 0.3) is 0 Å². The number of fused-ring (bicyclic) bond motifs is 2. The summed E-state index contributed by atoms with van der Waals surface area (Å²) in [5.41, 5.74) is 0.